The molecule has 8 nitrogen and oxygen atoms in total. The number of nitrogens with zero attached hydrogens (tertiary/aromatic N) is 2. The van der Waals surface area contributed by atoms with Gasteiger partial charge in [-0.15, -0.1) is 0 Å². The fourth-order valence-corrected chi connectivity index (χ4v) is 1.82. The molecule has 1 heterocycles. The van der Waals surface area contributed by atoms with Gasteiger partial charge in [-0.1, -0.05) is 0 Å². The molecular weight excluding hydrogens is 300 g/mol. The maximum atomic E-state index is 12.1. The summed E-state index contributed by atoms with van der Waals surface area (Å²) in [6, 6.07) is 9.33. The zero-order valence-electron chi connectivity index (χ0n) is 12.7. The Morgan fingerprint density at radius 1 is 1.22 bits per heavy atom. The van der Waals surface area contributed by atoms with Crippen molar-refractivity contribution >= 4 is 17.5 Å². The van der Waals surface area contributed by atoms with Gasteiger partial charge in [0.1, 0.15) is 11.4 Å². The number of aromatic nitrogens is 2. The highest BCUT2D eigenvalue weighted by Gasteiger charge is 2.16. The quantitative estimate of drug-likeness (QED) is 0.835. The lowest BCUT2D eigenvalue weighted by Crippen LogP contribution is -2.35. The second kappa shape index (κ2) is 7.21. The number of likely N-dealkylation sites (N-methyl/N-ethyl adjacent to an activating group) is 1. The van der Waals surface area contributed by atoms with Gasteiger partial charge in [0.15, 0.2) is 0 Å². The van der Waals surface area contributed by atoms with Gasteiger partial charge >= 0.3 is 0 Å². The lowest BCUT2D eigenvalue weighted by Gasteiger charge is -2.16. The average Bonchev–Trinajstić information content (AvgIpc) is 2.55. The van der Waals surface area contributed by atoms with Crippen molar-refractivity contribution in [3.63, 3.8) is 0 Å². The Morgan fingerprint density at radius 3 is 2.48 bits per heavy atom. The molecule has 0 aliphatic rings. The molecule has 0 unspecified atom stereocenters. The van der Waals surface area contributed by atoms with E-state index >= 15 is 0 Å². The van der Waals surface area contributed by atoms with Gasteiger partial charge in [-0.2, -0.15) is 5.10 Å². The molecule has 0 atom stereocenters. The minimum Gasteiger partial charge on any atom is -0.497 e. The van der Waals surface area contributed by atoms with Crippen molar-refractivity contribution in [3.05, 3.63) is 52.4 Å². The van der Waals surface area contributed by atoms with E-state index in [-0.39, 0.29) is 18.1 Å². The Hall–Kier alpha value is -3.16. The van der Waals surface area contributed by atoms with Crippen LogP contribution < -0.4 is 15.6 Å². The molecule has 8 heteroatoms. The Kier molecular flexibility index (Phi) is 5.08. The first-order chi connectivity index (χ1) is 11.0. The number of anilines is 1. The zero-order valence-corrected chi connectivity index (χ0v) is 12.7. The molecule has 0 saturated heterocycles. The summed E-state index contributed by atoms with van der Waals surface area (Å²) < 4.78 is 5.03. The van der Waals surface area contributed by atoms with Crippen molar-refractivity contribution in [1.29, 1.82) is 0 Å². The lowest BCUT2D eigenvalue weighted by atomic mass is 10.3. The van der Waals surface area contributed by atoms with Crippen molar-refractivity contribution in [1.82, 2.24) is 15.1 Å². The smallest absolute Gasteiger partial charge is 0.274 e. The summed E-state index contributed by atoms with van der Waals surface area (Å²) in [5.41, 5.74) is 0.254. The number of amides is 2. The third-order valence-electron chi connectivity index (χ3n) is 3.00. The number of aromatic amines is 1. The van der Waals surface area contributed by atoms with Crippen LogP contribution in [0.15, 0.2) is 41.2 Å². The Balaban J connectivity index is 1.94. The molecule has 1 aromatic carbocycles. The largest absolute Gasteiger partial charge is 0.497 e. The second-order valence-electron chi connectivity index (χ2n) is 4.74. The molecule has 2 N–H and O–H groups in total. The highest BCUT2D eigenvalue weighted by atomic mass is 16.5. The number of hydrogen-bond donors (Lipinski definition) is 2. The second-order valence-corrected chi connectivity index (χ2v) is 4.74. The standard InChI is InChI=1S/C15H16N4O4/c1-19(15(22)12-7-8-13(20)18-17-12)9-14(21)16-10-3-5-11(23-2)6-4-10/h3-8H,9H2,1-2H3,(H,16,21)(H,18,20). The molecule has 1 aromatic heterocycles. The Morgan fingerprint density at radius 2 is 1.91 bits per heavy atom. The van der Waals surface area contributed by atoms with Crippen LogP contribution in [0.4, 0.5) is 5.69 Å². The summed E-state index contributed by atoms with van der Waals surface area (Å²) in [5.74, 6) is -0.138. The van der Waals surface area contributed by atoms with E-state index in [1.807, 2.05) is 0 Å². The average molecular weight is 316 g/mol. The van der Waals surface area contributed by atoms with E-state index in [9.17, 15) is 14.4 Å². The van der Waals surface area contributed by atoms with E-state index in [0.29, 0.717) is 11.4 Å². The van der Waals surface area contributed by atoms with Crippen LogP contribution in [0.25, 0.3) is 0 Å². The Bertz CT molecular complexity index is 734. The summed E-state index contributed by atoms with van der Waals surface area (Å²) in [5, 5.41) is 8.48. The van der Waals surface area contributed by atoms with Gasteiger partial charge < -0.3 is 15.0 Å². The molecule has 0 bridgehead atoms. The minimum absolute atomic E-state index is 0.0596. The molecule has 2 aromatic rings. The predicted octanol–water partition coefficient (Wildman–Crippen LogP) is 0.489. The van der Waals surface area contributed by atoms with E-state index in [1.54, 1.807) is 31.4 Å². The summed E-state index contributed by atoms with van der Waals surface area (Å²) >= 11 is 0. The summed E-state index contributed by atoms with van der Waals surface area (Å²) in [6.45, 7) is -0.147. The number of H-pyrrole nitrogens is 1. The van der Waals surface area contributed by atoms with Gasteiger partial charge in [0.05, 0.1) is 13.7 Å². The molecule has 2 rings (SSSR count). The van der Waals surface area contributed by atoms with Crippen LogP contribution in [0.1, 0.15) is 10.5 Å². The SMILES string of the molecule is COc1ccc(NC(=O)CN(C)C(=O)c2ccc(=O)[nH]n2)cc1. The number of nitrogens with one attached hydrogen (secondary N) is 2. The first-order valence-electron chi connectivity index (χ1n) is 6.74. The normalized spacial score (nSPS) is 10.0. The van der Waals surface area contributed by atoms with Gasteiger partial charge in [0.25, 0.3) is 11.5 Å². The third-order valence-corrected chi connectivity index (χ3v) is 3.00. The van der Waals surface area contributed by atoms with Gasteiger partial charge in [-0.25, -0.2) is 5.10 Å². The number of benzene rings is 1. The van der Waals surface area contributed by atoms with Crippen LogP contribution in [0.5, 0.6) is 5.75 Å². The molecular formula is C15H16N4O4. The maximum Gasteiger partial charge on any atom is 0.274 e. The summed E-state index contributed by atoms with van der Waals surface area (Å²) in [6.07, 6.45) is 0. The van der Waals surface area contributed by atoms with E-state index < -0.39 is 11.5 Å². The number of carbonyl (C=O) groups is 2. The monoisotopic (exact) mass is 316 g/mol. The number of rotatable bonds is 5. The topological polar surface area (TPSA) is 104 Å². The first kappa shape index (κ1) is 16.2. The van der Waals surface area contributed by atoms with Crippen molar-refractivity contribution in [2.75, 3.05) is 26.0 Å². The van der Waals surface area contributed by atoms with Crippen LogP contribution in [0.2, 0.25) is 0 Å². The van der Waals surface area contributed by atoms with Gasteiger partial charge in [0.2, 0.25) is 5.91 Å². The van der Waals surface area contributed by atoms with Crippen LogP contribution in [0, 0.1) is 0 Å². The van der Waals surface area contributed by atoms with E-state index in [0.717, 1.165) is 0 Å². The minimum atomic E-state index is -0.467. The molecule has 0 aliphatic carbocycles. The van der Waals surface area contributed by atoms with Gasteiger partial charge in [0, 0.05) is 18.8 Å². The lowest BCUT2D eigenvalue weighted by molar-refractivity contribution is -0.116. The van der Waals surface area contributed by atoms with E-state index in [4.69, 9.17) is 4.74 Å². The van der Waals surface area contributed by atoms with Crippen molar-refractivity contribution in [2.24, 2.45) is 0 Å². The summed E-state index contributed by atoms with van der Waals surface area (Å²) in [7, 11) is 3.03. The number of methoxy groups -OCH3 is 1. The molecule has 2 amide bonds. The van der Waals surface area contributed by atoms with Crippen molar-refractivity contribution < 1.29 is 14.3 Å². The number of hydrogen-bond acceptors (Lipinski definition) is 5. The number of ether oxygens (including phenoxy) is 1. The third kappa shape index (κ3) is 4.40. The highest BCUT2D eigenvalue weighted by molar-refractivity contribution is 5.98. The van der Waals surface area contributed by atoms with Crippen LogP contribution in [-0.4, -0.2) is 47.6 Å². The van der Waals surface area contributed by atoms with Crippen LogP contribution in [0.3, 0.4) is 0 Å². The van der Waals surface area contributed by atoms with Crippen molar-refractivity contribution in [2.45, 2.75) is 0 Å². The zero-order chi connectivity index (χ0) is 16.8. The fourth-order valence-electron chi connectivity index (χ4n) is 1.82. The first-order valence-corrected chi connectivity index (χ1v) is 6.74. The molecule has 23 heavy (non-hydrogen) atoms. The van der Waals surface area contributed by atoms with Crippen LogP contribution in [-0.2, 0) is 4.79 Å². The van der Waals surface area contributed by atoms with E-state index in [1.165, 1.54) is 24.1 Å². The maximum absolute atomic E-state index is 12.1. The predicted molar refractivity (Wildman–Crippen MR) is 83.4 cm³/mol. The molecule has 0 fully saturated rings. The van der Waals surface area contributed by atoms with E-state index in [2.05, 4.69) is 15.5 Å². The number of carbonyl (C=O) groups excluding carboxylic acids is 2. The molecule has 0 saturated carbocycles. The van der Waals surface area contributed by atoms with Crippen molar-refractivity contribution in [3.8, 4) is 5.75 Å². The molecule has 0 aliphatic heterocycles. The van der Waals surface area contributed by atoms with Gasteiger partial charge in [-0.3, -0.25) is 14.4 Å². The van der Waals surface area contributed by atoms with Crippen LogP contribution >= 0.6 is 0 Å². The molecule has 0 radical (unpaired) electrons. The highest BCUT2D eigenvalue weighted by Crippen LogP contribution is 2.14. The fraction of sp³-hybridized carbons (Fsp3) is 0.200. The Labute approximate surface area is 132 Å². The van der Waals surface area contributed by atoms with Gasteiger partial charge in [-0.05, 0) is 30.3 Å². The molecule has 0 spiro atoms. The summed E-state index contributed by atoms with van der Waals surface area (Å²) in [4.78, 5) is 36.2. The molecule has 120 valence electrons.